The Hall–Kier alpha value is -4.14. The number of benzene rings is 1. The Balaban J connectivity index is 1.42. The zero-order valence-corrected chi connectivity index (χ0v) is 19.3. The number of aromatic nitrogens is 2. The number of carbonyl (C=O) groups is 1. The normalized spacial score (nSPS) is 17.7. The first-order valence-electron chi connectivity index (χ1n) is 11.4. The highest BCUT2D eigenvalue weighted by Gasteiger charge is 2.35. The van der Waals surface area contributed by atoms with Crippen LogP contribution in [0.5, 0.6) is 17.2 Å². The zero-order chi connectivity index (χ0) is 25.3. The van der Waals surface area contributed by atoms with Crippen LogP contribution in [-0.4, -0.2) is 40.9 Å². The summed E-state index contributed by atoms with van der Waals surface area (Å²) in [4.78, 5) is 23.6. The minimum absolute atomic E-state index is 0.0650. The number of hydrogen-bond donors (Lipinski definition) is 0. The molecule has 36 heavy (non-hydrogen) atoms. The smallest absolute Gasteiger partial charge is 0.433 e. The molecule has 9 heteroatoms. The van der Waals surface area contributed by atoms with E-state index >= 15 is 0 Å². The Labute approximate surface area is 205 Å². The van der Waals surface area contributed by atoms with Gasteiger partial charge < -0.3 is 14.4 Å². The van der Waals surface area contributed by atoms with E-state index in [1.54, 1.807) is 36.5 Å². The molecular formula is C27H22F3N3O3. The molecule has 6 nitrogen and oxygen atoms in total. The average molecular weight is 493 g/mol. The van der Waals surface area contributed by atoms with Crippen LogP contribution in [-0.2, 0) is 6.18 Å². The van der Waals surface area contributed by atoms with Gasteiger partial charge in [-0.2, -0.15) is 13.2 Å². The van der Waals surface area contributed by atoms with Crippen LogP contribution < -0.4 is 9.47 Å². The predicted molar refractivity (Wildman–Crippen MR) is 127 cm³/mol. The van der Waals surface area contributed by atoms with Crippen LogP contribution in [0.25, 0.3) is 5.57 Å². The Kier molecular flexibility index (Phi) is 6.22. The van der Waals surface area contributed by atoms with Crippen LogP contribution >= 0.6 is 0 Å². The summed E-state index contributed by atoms with van der Waals surface area (Å²) < 4.78 is 51.3. The number of halogens is 3. The average Bonchev–Trinajstić information content (AvgIpc) is 3.02. The van der Waals surface area contributed by atoms with Gasteiger partial charge in [-0.05, 0) is 42.8 Å². The fraction of sp³-hybridized carbons (Fsp3) is 0.222. The molecule has 2 aliphatic heterocycles. The predicted octanol–water partition coefficient (Wildman–Crippen LogP) is 5.88. The number of carbonyl (C=O) groups excluding carboxylic acids is 1. The first-order valence-corrected chi connectivity index (χ1v) is 11.4. The van der Waals surface area contributed by atoms with Crippen molar-refractivity contribution < 1.29 is 27.4 Å². The second-order valence-electron chi connectivity index (χ2n) is 8.56. The van der Waals surface area contributed by atoms with Crippen molar-refractivity contribution in [3.63, 3.8) is 0 Å². The lowest BCUT2D eigenvalue weighted by Gasteiger charge is -2.18. The molecule has 1 aromatic carbocycles. The molecule has 2 aliphatic rings. The van der Waals surface area contributed by atoms with Crippen LogP contribution in [0.2, 0.25) is 0 Å². The highest BCUT2D eigenvalue weighted by atomic mass is 19.4. The number of hydrogen-bond acceptors (Lipinski definition) is 6. The van der Waals surface area contributed by atoms with Crippen LogP contribution in [0.3, 0.4) is 0 Å². The van der Waals surface area contributed by atoms with Gasteiger partial charge in [0.05, 0.1) is 29.5 Å². The molecule has 4 heterocycles. The Bertz CT molecular complexity index is 1370. The lowest BCUT2D eigenvalue weighted by atomic mass is 9.91. The number of Topliss-reactive ketones (excluding diaryl/α,β-unsaturated/α-hetero) is 1. The maximum absolute atomic E-state index is 13.4. The molecule has 0 N–H and O–H groups in total. The van der Waals surface area contributed by atoms with Gasteiger partial charge in [-0.3, -0.25) is 9.78 Å². The van der Waals surface area contributed by atoms with Crippen molar-refractivity contribution in [1.29, 1.82) is 0 Å². The lowest BCUT2D eigenvalue weighted by Crippen LogP contribution is -2.17. The summed E-state index contributed by atoms with van der Waals surface area (Å²) in [7, 11) is 1.97. The number of pyridine rings is 2. The van der Waals surface area contributed by atoms with Gasteiger partial charge in [0.1, 0.15) is 22.9 Å². The summed E-state index contributed by atoms with van der Waals surface area (Å²) in [6.45, 7) is 0.994. The van der Waals surface area contributed by atoms with Crippen molar-refractivity contribution >= 4 is 11.4 Å². The third-order valence-electron chi connectivity index (χ3n) is 5.93. The Morgan fingerprint density at radius 1 is 1.11 bits per heavy atom. The first-order chi connectivity index (χ1) is 17.3. The van der Waals surface area contributed by atoms with E-state index in [4.69, 9.17) is 9.47 Å². The van der Waals surface area contributed by atoms with Gasteiger partial charge in [0.15, 0.2) is 5.78 Å². The van der Waals surface area contributed by atoms with Crippen molar-refractivity contribution in [3.05, 3.63) is 95.7 Å². The van der Waals surface area contributed by atoms with Crippen molar-refractivity contribution in [3.8, 4) is 17.2 Å². The Morgan fingerprint density at radius 3 is 2.75 bits per heavy atom. The second kappa shape index (κ2) is 9.49. The maximum Gasteiger partial charge on any atom is 0.433 e. The zero-order valence-electron chi connectivity index (χ0n) is 19.3. The van der Waals surface area contributed by atoms with Gasteiger partial charge in [0.2, 0.25) is 0 Å². The van der Waals surface area contributed by atoms with Gasteiger partial charge in [-0.1, -0.05) is 18.2 Å². The van der Waals surface area contributed by atoms with Crippen LogP contribution in [0.15, 0.2) is 73.1 Å². The molecule has 0 fully saturated rings. The van der Waals surface area contributed by atoms with Crippen LogP contribution in [0.1, 0.15) is 39.8 Å². The van der Waals surface area contributed by atoms with E-state index in [0.717, 1.165) is 23.9 Å². The van der Waals surface area contributed by atoms with Gasteiger partial charge >= 0.3 is 6.18 Å². The van der Waals surface area contributed by atoms with E-state index in [2.05, 4.69) is 9.97 Å². The number of likely N-dealkylation sites (N-methyl/N-ethyl adjacent to an activating group) is 1. The fourth-order valence-electron chi connectivity index (χ4n) is 4.18. The third-order valence-corrected chi connectivity index (χ3v) is 5.93. The molecule has 2 aromatic heterocycles. The van der Waals surface area contributed by atoms with Gasteiger partial charge in [-0.25, -0.2) is 4.98 Å². The van der Waals surface area contributed by atoms with Crippen LogP contribution in [0.4, 0.5) is 13.2 Å². The number of ketones is 1. The SMILES string of the molecule is CN1C=C(c2cc(Oc3ccc4c(c3)C(=O)C(c3cccc(C(F)(F)F)n3)CCO4)ccn2)C=CC1. The van der Waals surface area contributed by atoms with E-state index in [0.29, 0.717) is 17.2 Å². The van der Waals surface area contributed by atoms with E-state index in [-0.39, 0.29) is 30.1 Å². The number of alkyl halides is 3. The molecule has 0 spiro atoms. The maximum atomic E-state index is 13.4. The number of ether oxygens (including phenoxy) is 2. The minimum atomic E-state index is -4.60. The molecule has 1 unspecified atom stereocenters. The number of allylic oxidation sites excluding steroid dienone is 2. The molecular weight excluding hydrogens is 471 g/mol. The van der Waals surface area contributed by atoms with Crippen molar-refractivity contribution in [1.82, 2.24) is 14.9 Å². The molecule has 0 saturated carbocycles. The molecule has 3 aromatic rings. The van der Waals surface area contributed by atoms with E-state index in [1.165, 1.54) is 12.1 Å². The van der Waals surface area contributed by atoms with Gasteiger partial charge in [-0.15, -0.1) is 0 Å². The summed E-state index contributed by atoms with van der Waals surface area (Å²) in [5, 5.41) is 0. The van der Waals surface area contributed by atoms with E-state index < -0.39 is 17.8 Å². The molecule has 1 atom stereocenters. The molecule has 0 bridgehead atoms. The van der Waals surface area contributed by atoms with E-state index in [9.17, 15) is 18.0 Å². The summed E-state index contributed by atoms with van der Waals surface area (Å²) >= 11 is 0. The summed E-state index contributed by atoms with van der Waals surface area (Å²) in [6, 6.07) is 12.0. The highest BCUT2D eigenvalue weighted by molar-refractivity contribution is 6.03. The highest BCUT2D eigenvalue weighted by Crippen LogP contribution is 2.36. The Morgan fingerprint density at radius 2 is 1.94 bits per heavy atom. The summed E-state index contributed by atoms with van der Waals surface area (Å²) in [5.74, 6) is 0.0539. The monoisotopic (exact) mass is 493 g/mol. The molecule has 0 saturated heterocycles. The molecule has 5 rings (SSSR count). The number of rotatable bonds is 4. The van der Waals surface area contributed by atoms with Crippen molar-refractivity contribution in [2.24, 2.45) is 0 Å². The topological polar surface area (TPSA) is 64.5 Å². The van der Waals surface area contributed by atoms with Gasteiger partial charge in [0.25, 0.3) is 0 Å². The van der Waals surface area contributed by atoms with E-state index in [1.807, 2.05) is 30.3 Å². The molecule has 0 amide bonds. The number of nitrogens with zero attached hydrogens (tertiary/aromatic N) is 3. The lowest BCUT2D eigenvalue weighted by molar-refractivity contribution is -0.141. The number of fused-ring (bicyclic) bond motifs is 1. The largest absolute Gasteiger partial charge is 0.493 e. The quantitative estimate of drug-likeness (QED) is 0.452. The summed E-state index contributed by atoms with van der Waals surface area (Å²) in [6.07, 6.45) is 3.28. The third kappa shape index (κ3) is 4.95. The summed E-state index contributed by atoms with van der Waals surface area (Å²) in [5.41, 5.74) is 0.951. The van der Waals surface area contributed by atoms with Gasteiger partial charge in [0, 0.05) is 37.6 Å². The minimum Gasteiger partial charge on any atom is -0.493 e. The van der Waals surface area contributed by atoms with Crippen molar-refractivity contribution in [2.75, 3.05) is 20.2 Å². The standard InChI is InChI=1S/C27H22F3N3O3/c1-33-12-3-4-17(16-33)23-15-19(9-11-31-23)36-18-7-8-24-21(14-18)26(34)20(10-13-35-24)22-5-2-6-25(32-22)27(28,29)30/h2-9,11,14-16,20H,10,12-13H2,1H3. The molecule has 184 valence electrons. The first kappa shape index (κ1) is 23.6. The van der Waals surface area contributed by atoms with Crippen molar-refractivity contribution in [2.45, 2.75) is 18.5 Å². The molecule has 0 aliphatic carbocycles. The van der Waals surface area contributed by atoms with Crippen LogP contribution in [0, 0.1) is 0 Å². The fourth-order valence-corrected chi connectivity index (χ4v) is 4.18. The molecule has 0 radical (unpaired) electrons. The second-order valence-corrected chi connectivity index (χ2v) is 8.56.